The Hall–Kier alpha value is -2.49. The number of nitrogens with zero attached hydrogens (tertiary/aromatic N) is 2. The van der Waals surface area contributed by atoms with Crippen molar-refractivity contribution < 1.29 is 4.74 Å². The number of hydrogen-bond acceptors (Lipinski definition) is 3. The van der Waals surface area contributed by atoms with Crippen LogP contribution >= 0.6 is 23.2 Å². The van der Waals surface area contributed by atoms with Crippen LogP contribution in [-0.4, -0.2) is 10.7 Å². The number of rotatable bonds is 2. The second-order valence-electron chi connectivity index (χ2n) is 7.22. The van der Waals surface area contributed by atoms with Crippen LogP contribution in [0.2, 0.25) is 10.0 Å². The molecule has 0 bridgehead atoms. The Labute approximate surface area is 174 Å². The van der Waals surface area contributed by atoms with Crippen LogP contribution < -0.4 is 4.74 Å². The number of halogens is 2. The molecular weight excluding hydrogens is 391 g/mol. The third-order valence-electron chi connectivity index (χ3n) is 5.29. The van der Waals surface area contributed by atoms with E-state index in [-0.39, 0.29) is 12.3 Å². The third kappa shape index (κ3) is 3.05. The summed E-state index contributed by atoms with van der Waals surface area (Å²) in [6.07, 6.45) is 0.503. The fourth-order valence-corrected chi connectivity index (χ4v) is 4.13. The molecular formula is C23H18Cl2N2O. The van der Waals surface area contributed by atoms with Gasteiger partial charge in [0.05, 0.1) is 11.8 Å². The van der Waals surface area contributed by atoms with Crippen molar-refractivity contribution in [1.82, 2.24) is 5.01 Å². The first kappa shape index (κ1) is 17.6. The highest BCUT2D eigenvalue weighted by Crippen LogP contribution is 2.48. The van der Waals surface area contributed by atoms with E-state index in [2.05, 4.69) is 36.2 Å². The second kappa shape index (κ2) is 6.84. The van der Waals surface area contributed by atoms with E-state index in [0.717, 1.165) is 34.6 Å². The Kier molecular flexibility index (Phi) is 4.30. The molecule has 0 aliphatic carbocycles. The smallest absolute Gasteiger partial charge is 0.213 e. The number of aryl methyl sites for hydroxylation is 1. The summed E-state index contributed by atoms with van der Waals surface area (Å²) in [6, 6.07) is 22.1. The van der Waals surface area contributed by atoms with Gasteiger partial charge in [0, 0.05) is 27.6 Å². The van der Waals surface area contributed by atoms with Crippen LogP contribution in [0.15, 0.2) is 71.8 Å². The topological polar surface area (TPSA) is 24.8 Å². The highest BCUT2D eigenvalue weighted by atomic mass is 35.5. The quantitative estimate of drug-likeness (QED) is 0.480. The van der Waals surface area contributed by atoms with Crippen molar-refractivity contribution in [3.63, 3.8) is 0 Å². The van der Waals surface area contributed by atoms with Crippen molar-refractivity contribution in [1.29, 1.82) is 0 Å². The monoisotopic (exact) mass is 408 g/mol. The van der Waals surface area contributed by atoms with Crippen molar-refractivity contribution in [2.45, 2.75) is 25.6 Å². The Morgan fingerprint density at radius 1 is 0.929 bits per heavy atom. The standard InChI is InChI=1S/C23H18Cl2N2O/c1-14-2-4-15(5-3-14)20-13-21-19-12-18(25)10-11-22(19)28-23(27(21)26-20)16-6-8-17(24)9-7-16/h2-12,21,23H,13H2,1H3/t21-,23+/m0/s1. The van der Waals surface area contributed by atoms with Crippen LogP contribution in [0.5, 0.6) is 5.75 Å². The van der Waals surface area contributed by atoms with Crippen molar-refractivity contribution in [3.8, 4) is 5.75 Å². The zero-order valence-corrected chi connectivity index (χ0v) is 16.8. The molecule has 2 heterocycles. The van der Waals surface area contributed by atoms with Gasteiger partial charge in [-0.25, -0.2) is 5.01 Å². The lowest BCUT2D eigenvalue weighted by Gasteiger charge is -2.38. The van der Waals surface area contributed by atoms with Gasteiger partial charge >= 0.3 is 0 Å². The van der Waals surface area contributed by atoms with Crippen molar-refractivity contribution >= 4 is 28.9 Å². The molecule has 5 heteroatoms. The lowest BCUT2D eigenvalue weighted by molar-refractivity contribution is -0.0190. The predicted octanol–water partition coefficient (Wildman–Crippen LogP) is 6.54. The van der Waals surface area contributed by atoms with Gasteiger partial charge in [0.2, 0.25) is 6.23 Å². The summed E-state index contributed by atoms with van der Waals surface area (Å²) in [5.74, 6) is 0.853. The molecule has 2 aliphatic heterocycles. The maximum atomic E-state index is 6.35. The van der Waals surface area contributed by atoms with E-state index in [4.69, 9.17) is 33.0 Å². The summed E-state index contributed by atoms with van der Waals surface area (Å²) in [5, 5.41) is 8.43. The number of hydrazone groups is 1. The second-order valence-corrected chi connectivity index (χ2v) is 8.09. The van der Waals surface area contributed by atoms with E-state index in [9.17, 15) is 0 Å². The number of hydrogen-bond donors (Lipinski definition) is 0. The van der Waals surface area contributed by atoms with E-state index in [1.165, 1.54) is 5.56 Å². The minimum atomic E-state index is -0.307. The van der Waals surface area contributed by atoms with Crippen molar-refractivity contribution in [3.05, 3.63) is 99.0 Å². The summed E-state index contributed by atoms with van der Waals surface area (Å²) < 4.78 is 6.35. The van der Waals surface area contributed by atoms with E-state index >= 15 is 0 Å². The van der Waals surface area contributed by atoms with E-state index in [1.54, 1.807) is 0 Å². The SMILES string of the molecule is Cc1ccc(C2=NN3[C@@H](c4ccc(Cl)cc4)Oc4ccc(Cl)cc4[C@@H]3C2)cc1. The van der Waals surface area contributed by atoms with Crippen molar-refractivity contribution in [2.24, 2.45) is 5.10 Å². The van der Waals surface area contributed by atoms with Gasteiger partial charge in [-0.15, -0.1) is 0 Å². The fourth-order valence-electron chi connectivity index (χ4n) is 3.83. The van der Waals surface area contributed by atoms with E-state index in [0.29, 0.717) is 10.0 Å². The molecule has 0 saturated carbocycles. The normalized spacial score (nSPS) is 20.2. The fraction of sp³-hybridized carbons (Fsp3) is 0.174. The highest BCUT2D eigenvalue weighted by molar-refractivity contribution is 6.30. The van der Waals surface area contributed by atoms with Gasteiger partial charge in [0.25, 0.3) is 0 Å². The van der Waals surface area contributed by atoms with Crippen LogP contribution in [0.25, 0.3) is 0 Å². The van der Waals surface area contributed by atoms with Gasteiger partial charge in [-0.1, -0.05) is 65.2 Å². The first-order valence-corrected chi connectivity index (χ1v) is 9.98. The summed E-state index contributed by atoms with van der Waals surface area (Å²) in [7, 11) is 0. The molecule has 0 radical (unpaired) electrons. The lowest BCUT2D eigenvalue weighted by Crippen LogP contribution is -2.33. The Bertz CT molecular complexity index is 1060. The third-order valence-corrected chi connectivity index (χ3v) is 5.78. The van der Waals surface area contributed by atoms with Crippen LogP contribution in [-0.2, 0) is 0 Å². The molecule has 2 atom stereocenters. The molecule has 0 fully saturated rings. The number of ether oxygens (including phenoxy) is 1. The maximum absolute atomic E-state index is 6.35. The molecule has 3 aromatic rings. The average Bonchev–Trinajstić information content (AvgIpc) is 3.14. The summed E-state index contributed by atoms with van der Waals surface area (Å²) >= 11 is 12.4. The molecule has 0 aromatic heterocycles. The molecule has 3 aromatic carbocycles. The summed E-state index contributed by atoms with van der Waals surface area (Å²) in [6.45, 7) is 2.09. The van der Waals surface area contributed by atoms with Crippen LogP contribution in [0.1, 0.15) is 40.9 Å². The molecule has 3 nitrogen and oxygen atoms in total. The summed E-state index contributed by atoms with van der Waals surface area (Å²) in [4.78, 5) is 0. The molecule has 28 heavy (non-hydrogen) atoms. The molecule has 0 saturated heterocycles. The lowest BCUT2D eigenvalue weighted by atomic mass is 9.95. The predicted molar refractivity (Wildman–Crippen MR) is 113 cm³/mol. The van der Waals surface area contributed by atoms with Gasteiger partial charge < -0.3 is 4.74 Å². The van der Waals surface area contributed by atoms with Gasteiger partial charge in [-0.2, -0.15) is 5.10 Å². The van der Waals surface area contributed by atoms with E-state index in [1.807, 2.05) is 42.5 Å². The van der Waals surface area contributed by atoms with Gasteiger partial charge in [-0.3, -0.25) is 0 Å². The number of benzene rings is 3. The molecule has 5 rings (SSSR count). The van der Waals surface area contributed by atoms with Crippen molar-refractivity contribution in [2.75, 3.05) is 0 Å². The molecule has 0 N–H and O–H groups in total. The Morgan fingerprint density at radius 3 is 2.39 bits per heavy atom. The minimum Gasteiger partial charge on any atom is -0.464 e. The first-order chi connectivity index (χ1) is 13.6. The highest BCUT2D eigenvalue weighted by Gasteiger charge is 2.41. The van der Waals surface area contributed by atoms with Gasteiger partial charge in [0.15, 0.2) is 0 Å². The van der Waals surface area contributed by atoms with Gasteiger partial charge in [0.1, 0.15) is 5.75 Å². The van der Waals surface area contributed by atoms with E-state index < -0.39 is 0 Å². The first-order valence-electron chi connectivity index (χ1n) is 9.23. The van der Waals surface area contributed by atoms with Crippen LogP contribution in [0, 0.1) is 6.92 Å². The molecule has 0 unspecified atom stereocenters. The molecule has 0 spiro atoms. The minimum absolute atomic E-state index is 0.0828. The summed E-state index contributed by atoms with van der Waals surface area (Å²) in [5.41, 5.74) is 5.52. The van der Waals surface area contributed by atoms with Gasteiger partial charge in [-0.05, 0) is 42.8 Å². The zero-order valence-electron chi connectivity index (χ0n) is 15.3. The maximum Gasteiger partial charge on any atom is 0.213 e. The number of fused-ring (bicyclic) bond motifs is 3. The largest absolute Gasteiger partial charge is 0.464 e. The molecule has 140 valence electrons. The van der Waals surface area contributed by atoms with Crippen LogP contribution in [0.3, 0.4) is 0 Å². The molecule has 2 aliphatic rings. The Morgan fingerprint density at radius 2 is 1.64 bits per heavy atom. The Balaban J connectivity index is 1.59. The zero-order chi connectivity index (χ0) is 19.3. The average molecular weight is 409 g/mol. The molecule has 0 amide bonds. The van der Waals surface area contributed by atoms with Crippen LogP contribution in [0.4, 0.5) is 0 Å².